The second kappa shape index (κ2) is 4.83. The van der Waals surface area contributed by atoms with E-state index in [1.54, 1.807) is 6.07 Å². The lowest BCUT2D eigenvalue weighted by atomic mass is 10.1. The molecule has 0 aromatic heterocycles. The number of hydrogen-bond acceptors (Lipinski definition) is 2. The number of nitrogens with one attached hydrogen (secondary N) is 1. The molecule has 1 saturated heterocycles. The summed E-state index contributed by atoms with van der Waals surface area (Å²) >= 11 is 0. The van der Waals surface area contributed by atoms with Gasteiger partial charge in [0.1, 0.15) is 5.82 Å². The first-order chi connectivity index (χ1) is 7.68. The molecule has 1 aromatic carbocycles. The molecule has 2 nitrogen and oxygen atoms in total. The van der Waals surface area contributed by atoms with Gasteiger partial charge in [-0.05, 0) is 32.4 Å². The molecule has 0 aliphatic carbocycles. The van der Waals surface area contributed by atoms with Gasteiger partial charge in [-0.2, -0.15) is 0 Å². The van der Waals surface area contributed by atoms with Gasteiger partial charge in [0.15, 0.2) is 0 Å². The molecule has 1 aliphatic rings. The van der Waals surface area contributed by atoms with Crippen LogP contribution in [0.5, 0.6) is 0 Å². The van der Waals surface area contributed by atoms with E-state index >= 15 is 0 Å². The molecule has 0 spiro atoms. The zero-order chi connectivity index (χ0) is 11.5. The van der Waals surface area contributed by atoms with Crippen molar-refractivity contribution in [2.45, 2.75) is 26.3 Å². The average Bonchev–Trinajstić information content (AvgIpc) is 2.47. The SMILES string of the molecule is Cc1c(F)cccc1N1CCNC(C)CC1. The molecule has 1 aliphatic heterocycles. The molecule has 1 fully saturated rings. The highest BCUT2D eigenvalue weighted by atomic mass is 19.1. The Morgan fingerprint density at radius 3 is 3.00 bits per heavy atom. The van der Waals surface area contributed by atoms with Gasteiger partial charge >= 0.3 is 0 Å². The van der Waals surface area contributed by atoms with E-state index in [-0.39, 0.29) is 5.82 Å². The van der Waals surface area contributed by atoms with Crippen LogP contribution in [0.1, 0.15) is 18.9 Å². The van der Waals surface area contributed by atoms with Crippen LogP contribution in [-0.4, -0.2) is 25.7 Å². The van der Waals surface area contributed by atoms with E-state index in [9.17, 15) is 4.39 Å². The van der Waals surface area contributed by atoms with Gasteiger partial charge in [-0.15, -0.1) is 0 Å². The Bertz CT molecular complexity index is 365. The smallest absolute Gasteiger partial charge is 0.128 e. The highest BCUT2D eigenvalue weighted by molar-refractivity contribution is 5.53. The van der Waals surface area contributed by atoms with Gasteiger partial charge in [0.25, 0.3) is 0 Å². The maximum absolute atomic E-state index is 13.5. The second-order valence-electron chi connectivity index (χ2n) is 4.51. The molecule has 0 saturated carbocycles. The second-order valence-corrected chi connectivity index (χ2v) is 4.51. The molecule has 1 aromatic rings. The minimum absolute atomic E-state index is 0.109. The Hall–Kier alpha value is -1.09. The average molecular weight is 222 g/mol. The van der Waals surface area contributed by atoms with Crippen molar-refractivity contribution in [2.24, 2.45) is 0 Å². The number of rotatable bonds is 1. The first-order valence-corrected chi connectivity index (χ1v) is 5.92. The zero-order valence-electron chi connectivity index (χ0n) is 9.96. The first-order valence-electron chi connectivity index (χ1n) is 5.92. The van der Waals surface area contributed by atoms with Crippen LogP contribution in [-0.2, 0) is 0 Å². The zero-order valence-corrected chi connectivity index (χ0v) is 9.96. The summed E-state index contributed by atoms with van der Waals surface area (Å²) in [5.41, 5.74) is 1.80. The molecule has 1 heterocycles. The highest BCUT2D eigenvalue weighted by Gasteiger charge is 2.15. The van der Waals surface area contributed by atoms with Crippen molar-refractivity contribution in [1.29, 1.82) is 0 Å². The summed E-state index contributed by atoms with van der Waals surface area (Å²) in [5.74, 6) is -0.109. The summed E-state index contributed by atoms with van der Waals surface area (Å²) in [6, 6.07) is 5.88. The molecule has 3 heteroatoms. The number of benzene rings is 1. The van der Waals surface area contributed by atoms with Crippen molar-refractivity contribution in [3.63, 3.8) is 0 Å². The Labute approximate surface area is 96.5 Å². The normalized spacial score (nSPS) is 21.9. The number of halogens is 1. The van der Waals surface area contributed by atoms with Crippen LogP contribution in [0, 0.1) is 12.7 Å². The molecular formula is C13H19FN2. The highest BCUT2D eigenvalue weighted by Crippen LogP contribution is 2.23. The van der Waals surface area contributed by atoms with E-state index in [4.69, 9.17) is 0 Å². The van der Waals surface area contributed by atoms with Gasteiger partial charge in [0, 0.05) is 36.9 Å². The maximum atomic E-state index is 13.5. The first kappa shape index (κ1) is 11.4. The topological polar surface area (TPSA) is 15.3 Å². The third-order valence-corrected chi connectivity index (χ3v) is 3.29. The Kier molecular flexibility index (Phi) is 3.44. The quantitative estimate of drug-likeness (QED) is 0.784. The van der Waals surface area contributed by atoms with E-state index in [1.165, 1.54) is 6.07 Å². The van der Waals surface area contributed by atoms with Crippen molar-refractivity contribution in [2.75, 3.05) is 24.5 Å². The van der Waals surface area contributed by atoms with Crippen LogP contribution in [0.4, 0.5) is 10.1 Å². The number of anilines is 1. The summed E-state index contributed by atoms with van der Waals surface area (Å²) in [6.45, 7) is 6.97. The summed E-state index contributed by atoms with van der Waals surface area (Å²) in [5, 5.41) is 3.44. The fourth-order valence-electron chi connectivity index (χ4n) is 2.19. The van der Waals surface area contributed by atoms with Gasteiger partial charge in [-0.3, -0.25) is 0 Å². The van der Waals surface area contributed by atoms with Crippen molar-refractivity contribution in [1.82, 2.24) is 5.32 Å². The van der Waals surface area contributed by atoms with Crippen LogP contribution in [0.25, 0.3) is 0 Å². The largest absolute Gasteiger partial charge is 0.370 e. The molecule has 1 N–H and O–H groups in total. The van der Waals surface area contributed by atoms with Gasteiger partial charge in [-0.25, -0.2) is 4.39 Å². The molecule has 0 amide bonds. The van der Waals surface area contributed by atoms with E-state index in [0.717, 1.165) is 37.3 Å². The molecule has 1 atom stereocenters. The van der Waals surface area contributed by atoms with Crippen LogP contribution in [0.3, 0.4) is 0 Å². The van der Waals surface area contributed by atoms with Crippen LogP contribution in [0.2, 0.25) is 0 Å². The van der Waals surface area contributed by atoms with Gasteiger partial charge in [-0.1, -0.05) is 6.07 Å². The molecule has 0 radical (unpaired) electrons. The fourth-order valence-corrected chi connectivity index (χ4v) is 2.19. The molecule has 16 heavy (non-hydrogen) atoms. The van der Waals surface area contributed by atoms with Crippen molar-refractivity contribution in [3.05, 3.63) is 29.6 Å². The Morgan fingerprint density at radius 1 is 1.38 bits per heavy atom. The van der Waals surface area contributed by atoms with Crippen molar-refractivity contribution in [3.8, 4) is 0 Å². The molecule has 0 bridgehead atoms. The molecule has 1 unspecified atom stereocenters. The fraction of sp³-hybridized carbons (Fsp3) is 0.538. The van der Waals surface area contributed by atoms with E-state index in [0.29, 0.717) is 6.04 Å². The summed E-state index contributed by atoms with van der Waals surface area (Å²) in [7, 11) is 0. The van der Waals surface area contributed by atoms with Gasteiger partial charge in [0.05, 0.1) is 0 Å². The Morgan fingerprint density at radius 2 is 2.19 bits per heavy atom. The van der Waals surface area contributed by atoms with Crippen molar-refractivity contribution >= 4 is 5.69 Å². The van der Waals surface area contributed by atoms with Crippen molar-refractivity contribution < 1.29 is 4.39 Å². The Balaban J connectivity index is 2.20. The van der Waals surface area contributed by atoms with Crippen LogP contribution in [0.15, 0.2) is 18.2 Å². The molecular weight excluding hydrogens is 203 g/mol. The lowest BCUT2D eigenvalue weighted by molar-refractivity contribution is 0.566. The third-order valence-electron chi connectivity index (χ3n) is 3.29. The predicted molar refractivity (Wildman–Crippen MR) is 65.4 cm³/mol. The lowest BCUT2D eigenvalue weighted by Crippen LogP contribution is -2.29. The standard InChI is InChI=1S/C13H19FN2/c1-10-6-8-16(9-7-15-10)13-5-3-4-12(14)11(13)2/h3-5,10,15H,6-9H2,1-2H3. The number of hydrogen-bond donors (Lipinski definition) is 1. The van der Waals surface area contributed by atoms with E-state index in [1.807, 2.05) is 13.0 Å². The minimum Gasteiger partial charge on any atom is -0.370 e. The minimum atomic E-state index is -0.109. The summed E-state index contributed by atoms with van der Waals surface area (Å²) < 4.78 is 13.5. The summed E-state index contributed by atoms with van der Waals surface area (Å²) in [6.07, 6.45) is 1.11. The predicted octanol–water partition coefficient (Wildman–Crippen LogP) is 2.32. The third kappa shape index (κ3) is 2.35. The molecule has 88 valence electrons. The maximum Gasteiger partial charge on any atom is 0.128 e. The van der Waals surface area contributed by atoms with E-state index < -0.39 is 0 Å². The van der Waals surface area contributed by atoms with Crippen LogP contribution >= 0.6 is 0 Å². The summed E-state index contributed by atoms with van der Waals surface area (Å²) in [4.78, 5) is 2.27. The van der Waals surface area contributed by atoms with E-state index in [2.05, 4.69) is 17.1 Å². The molecule has 2 rings (SSSR count). The monoisotopic (exact) mass is 222 g/mol. The van der Waals surface area contributed by atoms with Gasteiger partial charge < -0.3 is 10.2 Å². The number of nitrogens with zero attached hydrogens (tertiary/aromatic N) is 1. The van der Waals surface area contributed by atoms with Gasteiger partial charge in [0.2, 0.25) is 0 Å². The van der Waals surface area contributed by atoms with Crippen LogP contribution < -0.4 is 10.2 Å². The lowest BCUT2D eigenvalue weighted by Gasteiger charge is -2.24.